The van der Waals surface area contributed by atoms with Gasteiger partial charge in [0.15, 0.2) is 0 Å². The lowest BCUT2D eigenvalue weighted by atomic mass is 9.82. The van der Waals surface area contributed by atoms with Gasteiger partial charge in [-0.25, -0.2) is 0 Å². The van der Waals surface area contributed by atoms with Crippen LogP contribution in [0.2, 0.25) is 0 Å². The summed E-state index contributed by atoms with van der Waals surface area (Å²) in [6.45, 7) is 1.49. The van der Waals surface area contributed by atoms with Gasteiger partial charge in [0.25, 0.3) is 5.91 Å². The number of carboxylic acid groups (broad SMARTS) is 1. The average molecular weight is 241 g/mol. The number of aliphatic imine (C=N–C) groups is 1. The van der Waals surface area contributed by atoms with Crippen molar-refractivity contribution in [3.63, 3.8) is 0 Å². The minimum Gasteiger partial charge on any atom is -0.481 e. The Labute approximate surface area is 98.1 Å². The highest BCUT2D eigenvalue weighted by atomic mass is 16.4. The number of guanidine groups is 1. The Morgan fingerprint density at radius 1 is 1.47 bits per heavy atom. The van der Waals surface area contributed by atoms with Gasteiger partial charge >= 0.3 is 5.97 Å². The summed E-state index contributed by atoms with van der Waals surface area (Å²) in [5.41, 5.74) is 4.02. The van der Waals surface area contributed by atoms with E-state index in [2.05, 4.69) is 10.3 Å². The van der Waals surface area contributed by atoms with Crippen molar-refractivity contribution in [2.45, 2.75) is 32.6 Å². The second-order valence-electron chi connectivity index (χ2n) is 4.19. The van der Waals surface area contributed by atoms with Crippen LogP contribution in [0.5, 0.6) is 0 Å². The van der Waals surface area contributed by atoms with Crippen molar-refractivity contribution < 1.29 is 19.5 Å². The standard InChI is InChI=1S/C10H15N3O4/c1-10(5-3-2-4-6(14)15)7(16)12-9(11)13-8(10)17/h2-5H2,1H3,(H,14,15)(H3,11,12,13,16,17). The highest BCUT2D eigenvalue weighted by Crippen LogP contribution is 2.28. The number of carbonyl (C=O) groups is 3. The van der Waals surface area contributed by atoms with E-state index in [-0.39, 0.29) is 18.8 Å². The fraction of sp³-hybridized carbons (Fsp3) is 0.600. The van der Waals surface area contributed by atoms with E-state index in [1.807, 2.05) is 0 Å². The first-order chi connectivity index (χ1) is 7.86. The molecule has 0 aromatic rings. The number of carbonyl (C=O) groups excluding carboxylic acids is 2. The Bertz CT molecular complexity index is 391. The molecule has 0 radical (unpaired) electrons. The number of hydrogen-bond acceptors (Lipinski definition) is 4. The maximum Gasteiger partial charge on any atom is 0.303 e. The van der Waals surface area contributed by atoms with Crippen LogP contribution in [0, 0.1) is 5.41 Å². The van der Waals surface area contributed by atoms with Crippen LogP contribution in [-0.2, 0) is 14.4 Å². The summed E-state index contributed by atoms with van der Waals surface area (Å²) in [7, 11) is 0. The van der Waals surface area contributed by atoms with E-state index in [9.17, 15) is 14.4 Å². The molecule has 1 aliphatic rings. The first kappa shape index (κ1) is 13.1. The summed E-state index contributed by atoms with van der Waals surface area (Å²) in [5, 5.41) is 10.8. The van der Waals surface area contributed by atoms with E-state index in [1.54, 1.807) is 0 Å². The number of aliphatic carboxylic acids is 1. The van der Waals surface area contributed by atoms with Crippen LogP contribution in [0.4, 0.5) is 0 Å². The zero-order valence-corrected chi connectivity index (χ0v) is 9.52. The molecule has 0 spiro atoms. The van der Waals surface area contributed by atoms with E-state index >= 15 is 0 Å². The molecule has 4 N–H and O–H groups in total. The maximum absolute atomic E-state index is 11.7. The molecule has 1 rings (SSSR count). The quantitative estimate of drug-likeness (QED) is 0.447. The van der Waals surface area contributed by atoms with E-state index in [1.165, 1.54) is 6.92 Å². The minimum atomic E-state index is -1.23. The molecular weight excluding hydrogens is 226 g/mol. The number of unbranched alkanes of at least 4 members (excludes halogenated alkanes) is 1. The molecule has 1 heterocycles. The predicted octanol–water partition coefficient (Wildman–Crippen LogP) is -0.391. The van der Waals surface area contributed by atoms with Crippen molar-refractivity contribution in [1.29, 1.82) is 0 Å². The normalized spacial score (nSPS) is 24.2. The third-order valence-electron chi connectivity index (χ3n) is 2.75. The molecule has 0 saturated heterocycles. The number of hydrogen-bond donors (Lipinski definition) is 3. The molecule has 7 heteroatoms. The van der Waals surface area contributed by atoms with Gasteiger partial charge in [0.05, 0.1) is 0 Å². The summed E-state index contributed by atoms with van der Waals surface area (Å²) in [5.74, 6) is -2.14. The summed E-state index contributed by atoms with van der Waals surface area (Å²) < 4.78 is 0. The largest absolute Gasteiger partial charge is 0.481 e. The van der Waals surface area contributed by atoms with Gasteiger partial charge in [-0.15, -0.1) is 0 Å². The van der Waals surface area contributed by atoms with Crippen molar-refractivity contribution >= 4 is 23.7 Å². The highest BCUT2D eigenvalue weighted by Gasteiger charge is 2.43. The summed E-state index contributed by atoms with van der Waals surface area (Å²) in [6, 6.07) is 0. The van der Waals surface area contributed by atoms with Crippen molar-refractivity contribution in [1.82, 2.24) is 5.32 Å². The van der Waals surface area contributed by atoms with Crippen molar-refractivity contribution in [3.05, 3.63) is 0 Å². The van der Waals surface area contributed by atoms with Gasteiger partial charge in [0.1, 0.15) is 5.41 Å². The predicted molar refractivity (Wildman–Crippen MR) is 59.0 cm³/mol. The Hall–Kier alpha value is -1.92. The molecular formula is C10H15N3O4. The van der Waals surface area contributed by atoms with Gasteiger partial charge in [-0.3, -0.25) is 19.7 Å². The molecule has 2 amide bonds. The topological polar surface area (TPSA) is 122 Å². The zero-order chi connectivity index (χ0) is 13.1. The summed E-state index contributed by atoms with van der Waals surface area (Å²) in [4.78, 5) is 37.1. The lowest BCUT2D eigenvalue weighted by Gasteiger charge is -2.27. The first-order valence-electron chi connectivity index (χ1n) is 5.28. The van der Waals surface area contributed by atoms with Crippen LogP contribution in [-0.4, -0.2) is 28.8 Å². The lowest BCUT2D eigenvalue weighted by molar-refractivity contribution is -0.141. The van der Waals surface area contributed by atoms with Crippen molar-refractivity contribution in [3.8, 4) is 0 Å². The number of nitrogens with two attached hydrogens (primary N) is 1. The van der Waals surface area contributed by atoms with Crippen molar-refractivity contribution in [2.24, 2.45) is 16.1 Å². The Kier molecular flexibility index (Phi) is 3.82. The molecule has 0 saturated carbocycles. The molecule has 0 aromatic heterocycles. The average Bonchev–Trinajstić information content (AvgIpc) is 2.21. The van der Waals surface area contributed by atoms with Gasteiger partial charge in [-0.05, 0) is 19.8 Å². The van der Waals surface area contributed by atoms with Gasteiger partial charge in [0, 0.05) is 6.42 Å². The third-order valence-corrected chi connectivity index (χ3v) is 2.75. The Morgan fingerprint density at radius 3 is 2.65 bits per heavy atom. The highest BCUT2D eigenvalue weighted by molar-refractivity contribution is 6.17. The van der Waals surface area contributed by atoms with E-state index in [4.69, 9.17) is 10.8 Å². The minimum absolute atomic E-state index is 0.0251. The van der Waals surface area contributed by atoms with Crippen LogP contribution >= 0.6 is 0 Å². The molecule has 0 aliphatic carbocycles. The van der Waals surface area contributed by atoms with E-state index in [0.717, 1.165) is 0 Å². The van der Waals surface area contributed by atoms with E-state index < -0.39 is 23.2 Å². The van der Waals surface area contributed by atoms with Crippen LogP contribution in [0.25, 0.3) is 0 Å². The van der Waals surface area contributed by atoms with Crippen LogP contribution in [0.1, 0.15) is 32.6 Å². The van der Waals surface area contributed by atoms with Gasteiger partial charge in [-0.1, -0.05) is 6.42 Å². The van der Waals surface area contributed by atoms with Crippen LogP contribution < -0.4 is 11.1 Å². The molecule has 1 aliphatic heterocycles. The molecule has 17 heavy (non-hydrogen) atoms. The number of nitrogens with zero attached hydrogens (tertiary/aromatic N) is 1. The summed E-state index contributed by atoms with van der Waals surface area (Å²) in [6.07, 6.45) is 1.18. The smallest absolute Gasteiger partial charge is 0.303 e. The number of nitrogens with one attached hydrogen (secondary N) is 1. The molecule has 0 fully saturated rings. The number of rotatable bonds is 5. The van der Waals surface area contributed by atoms with E-state index in [0.29, 0.717) is 12.8 Å². The molecule has 1 atom stereocenters. The third kappa shape index (κ3) is 3.02. The van der Waals surface area contributed by atoms with Crippen LogP contribution in [0.15, 0.2) is 4.99 Å². The van der Waals surface area contributed by atoms with Crippen molar-refractivity contribution in [2.75, 3.05) is 0 Å². The molecule has 7 nitrogen and oxygen atoms in total. The molecule has 0 aromatic carbocycles. The number of carboxylic acids is 1. The Balaban J connectivity index is 2.58. The van der Waals surface area contributed by atoms with Gasteiger partial charge in [0.2, 0.25) is 11.9 Å². The molecule has 1 unspecified atom stereocenters. The Morgan fingerprint density at radius 2 is 2.12 bits per heavy atom. The van der Waals surface area contributed by atoms with Crippen LogP contribution in [0.3, 0.4) is 0 Å². The maximum atomic E-state index is 11.7. The SMILES string of the molecule is CC1(CCCCC(=O)O)C(=O)N=C(N)NC1=O. The zero-order valence-electron chi connectivity index (χ0n) is 9.52. The first-order valence-corrected chi connectivity index (χ1v) is 5.28. The lowest BCUT2D eigenvalue weighted by Crippen LogP contribution is -2.53. The summed E-state index contributed by atoms with van der Waals surface area (Å²) >= 11 is 0. The fourth-order valence-corrected chi connectivity index (χ4v) is 1.59. The molecule has 0 bridgehead atoms. The second kappa shape index (κ2) is 4.94. The fourth-order valence-electron chi connectivity index (χ4n) is 1.59. The second-order valence-corrected chi connectivity index (χ2v) is 4.19. The molecule has 94 valence electrons. The van der Waals surface area contributed by atoms with Gasteiger partial charge in [-0.2, -0.15) is 4.99 Å². The monoisotopic (exact) mass is 241 g/mol. The van der Waals surface area contributed by atoms with Gasteiger partial charge < -0.3 is 10.8 Å². The number of amides is 2.